The van der Waals surface area contributed by atoms with E-state index in [0.29, 0.717) is 12.1 Å². The van der Waals surface area contributed by atoms with E-state index >= 15 is 0 Å². The van der Waals surface area contributed by atoms with Crippen LogP contribution in [0.5, 0.6) is 0 Å². The summed E-state index contributed by atoms with van der Waals surface area (Å²) in [6, 6.07) is 0.546. The van der Waals surface area contributed by atoms with E-state index in [9.17, 15) is 4.79 Å². The molecule has 0 aromatic carbocycles. The molecular formula is C9H16N2O2. The average Bonchev–Trinajstić information content (AvgIpc) is 2.66. The lowest BCUT2D eigenvalue weighted by molar-refractivity contribution is -0.143. The molecule has 13 heavy (non-hydrogen) atoms. The van der Waals surface area contributed by atoms with Crippen LogP contribution in [0.2, 0.25) is 0 Å². The van der Waals surface area contributed by atoms with Gasteiger partial charge in [-0.1, -0.05) is 0 Å². The molecule has 2 aliphatic heterocycles. The molecule has 0 saturated carbocycles. The van der Waals surface area contributed by atoms with Gasteiger partial charge in [-0.25, -0.2) is 0 Å². The van der Waals surface area contributed by atoms with Gasteiger partial charge in [0.1, 0.15) is 6.04 Å². The average molecular weight is 184 g/mol. The summed E-state index contributed by atoms with van der Waals surface area (Å²) >= 11 is 0. The van der Waals surface area contributed by atoms with Crippen molar-refractivity contribution in [2.45, 2.75) is 43.8 Å². The molecule has 3 N–H and O–H groups in total. The van der Waals surface area contributed by atoms with Crippen LogP contribution in [0, 0.1) is 0 Å². The third kappa shape index (κ3) is 1.34. The molecule has 2 fully saturated rings. The molecule has 0 aromatic rings. The third-order valence-electron chi connectivity index (χ3n) is 3.38. The predicted molar refractivity (Wildman–Crippen MR) is 48.4 cm³/mol. The zero-order valence-corrected chi connectivity index (χ0v) is 7.65. The molecule has 74 valence electrons. The molecular weight excluding hydrogens is 168 g/mol. The van der Waals surface area contributed by atoms with E-state index in [-0.39, 0.29) is 6.54 Å². The van der Waals surface area contributed by atoms with Gasteiger partial charge in [-0.15, -0.1) is 0 Å². The van der Waals surface area contributed by atoms with Gasteiger partial charge in [0.25, 0.3) is 0 Å². The van der Waals surface area contributed by atoms with Crippen LogP contribution in [-0.2, 0) is 4.79 Å². The maximum atomic E-state index is 10.9. The zero-order valence-electron chi connectivity index (χ0n) is 7.65. The minimum Gasteiger partial charge on any atom is -0.480 e. The summed E-state index contributed by atoms with van der Waals surface area (Å²) in [6.45, 7) is 0.238. The highest BCUT2D eigenvalue weighted by Gasteiger charge is 2.44. The molecule has 2 saturated heterocycles. The Hall–Kier alpha value is -0.610. The number of nitrogens with two attached hydrogens (primary N) is 1. The van der Waals surface area contributed by atoms with Crippen molar-refractivity contribution in [3.8, 4) is 0 Å². The van der Waals surface area contributed by atoms with Crippen LogP contribution in [0.25, 0.3) is 0 Å². The molecule has 0 amide bonds. The van der Waals surface area contributed by atoms with Crippen LogP contribution in [0.15, 0.2) is 0 Å². The maximum absolute atomic E-state index is 10.9. The Labute approximate surface area is 77.7 Å². The van der Waals surface area contributed by atoms with E-state index in [2.05, 4.69) is 4.90 Å². The summed E-state index contributed by atoms with van der Waals surface area (Å²) in [5.74, 6) is -0.763. The first-order valence-electron chi connectivity index (χ1n) is 4.94. The van der Waals surface area contributed by atoms with Gasteiger partial charge in [0.15, 0.2) is 0 Å². The summed E-state index contributed by atoms with van der Waals surface area (Å²) in [5, 5.41) is 8.98. The Morgan fingerprint density at radius 3 is 2.15 bits per heavy atom. The lowest BCUT2D eigenvalue weighted by atomic mass is 10.0. The number of carboxylic acid groups (broad SMARTS) is 1. The molecule has 0 radical (unpaired) electrons. The number of hydrogen-bond donors (Lipinski definition) is 2. The van der Waals surface area contributed by atoms with Crippen molar-refractivity contribution >= 4 is 5.97 Å². The normalized spacial score (nSPS) is 35.2. The van der Waals surface area contributed by atoms with Crippen molar-refractivity contribution < 1.29 is 9.90 Å². The van der Waals surface area contributed by atoms with Gasteiger partial charge < -0.3 is 10.8 Å². The SMILES string of the molecule is NCC(C(=O)O)N1C2CCC1CC2. The molecule has 2 bridgehead atoms. The second kappa shape index (κ2) is 3.27. The van der Waals surface area contributed by atoms with Crippen LogP contribution in [0.3, 0.4) is 0 Å². The lowest BCUT2D eigenvalue weighted by Gasteiger charge is -2.27. The topological polar surface area (TPSA) is 66.6 Å². The molecule has 2 rings (SSSR count). The summed E-state index contributed by atoms with van der Waals surface area (Å²) in [6.07, 6.45) is 4.64. The lowest BCUT2D eigenvalue weighted by Crippen LogP contribution is -2.48. The minimum atomic E-state index is -0.763. The minimum absolute atomic E-state index is 0.238. The summed E-state index contributed by atoms with van der Waals surface area (Å²) in [5.41, 5.74) is 5.48. The van der Waals surface area contributed by atoms with Gasteiger partial charge in [0.2, 0.25) is 0 Å². The van der Waals surface area contributed by atoms with Crippen LogP contribution < -0.4 is 5.73 Å². The maximum Gasteiger partial charge on any atom is 0.322 e. The number of aliphatic carboxylic acids is 1. The largest absolute Gasteiger partial charge is 0.480 e. The molecule has 4 heteroatoms. The van der Waals surface area contributed by atoms with Crippen LogP contribution in [-0.4, -0.2) is 40.6 Å². The number of hydrogen-bond acceptors (Lipinski definition) is 3. The quantitative estimate of drug-likeness (QED) is 0.649. The van der Waals surface area contributed by atoms with Crippen LogP contribution in [0.4, 0.5) is 0 Å². The zero-order chi connectivity index (χ0) is 9.42. The Balaban J connectivity index is 2.11. The summed E-state index contributed by atoms with van der Waals surface area (Å²) in [7, 11) is 0. The second-order valence-electron chi connectivity index (χ2n) is 4.00. The first-order valence-corrected chi connectivity index (χ1v) is 4.94. The first-order chi connectivity index (χ1) is 6.24. The second-order valence-corrected chi connectivity index (χ2v) is 4.00. The van der Waals surface area contributed by atoms with Crippen molar-refractivity contribution in [1.29, 1.82) is 0 Å². The highest BCUT2D eigenvalue weighted by Crippen LogP contribution is 2.38. The van der Waals surface area contributed by atoms with Gasteiger partial charge in [0.05, 0.1) is 0 Å². The van der Waals surface area contributed by atoms with E-state index in [4.69, 9.17) is 10.8 Å². The van der Waals surface area contributed by atoms with Crippen molar-refractivity contribution in [3.63, 3.8) is 0 Å². The Morgan fingerprint density at radius 1 is 1.38 bits per heavy atom. The van der Waals surface area contributed by atoms with Crippen molar-refractivity contribution in [2.24, 2.45) is 5.73 Å². The Bertz CT molecular complexity index is 200. The van der Waals surface area contributed by atoms with Crippen LogP contribution in [0.1, 0.15) is 25.7 Å². The number of fused-ring (bicyclic) bond motifs is 2. The van der Waals surface area contributed by atoms with E-state index < -0.39 is 12.0 Å². The van der Waals surface area contributed by atoms with E-state index in [1.165, 1.54) is 0 Å². The molecule has 1 unspecified atom stereocenters. The number of rotatable bonds is 3. The summed E-state index contributed by atoms with van der Waals surface area (Å²) < 4.78 is 0. The number of carboxylic acids is 1. The monoisotopic (exact) mass is 184 g/mol. The standard InChI is InChI=1S/C9H16N2O2/c10-5-8(9(12)13)11-6-1-2-7(11)4-3-6/h6-8H,1-5,10H2,(H,12,13). The van der Waals surface area contributed by atoms with E-state index in [1.54, 1.807) is 0 Å². The van der Waals surface area contributed by atoms with Crippen molar-refractivity contribution in [3.05, 3.63) is 0 Å². The van der Waals surface area contributed by atoms with Gasteiger partial charge in [0, 0.05) is 18.6 Å². The fraction of sp³-hybridized carbons (Fsp3) is 0.889. The molecule has 1 atom stereocenters. The number of carbonyl (C=O) groups is 1. The Kier molecular flexibility index (Phi) is 2.26. The number of nitrogens with zero attached hydrogens (tertiary/aromatic N) is 1. The third-order valence-corrected chi connectivity index (χ3v) is 3.38. The van der Waals surface area contributed by atoms with Crippen molar-refractivity contribution in [2.75, 3.05) is 6.54 Å². The molecule has 2 heterocycles. The van der Waals surface area contributed by atoms with Crippen LogP contribution >= 0.6 is 0 Å². The van der Waals surface area contributed by atoms with E-state index in [1.807, 2.05) is 0 Å². The highest BCUT2D eigenvalue weighted by molar-refractivity contribution is 5.74. The molecule has 0 aromatic heterocycles. The van der Waals surface area contributed by atoms with Gasteiger partial charge in [-0.3, -0.25) is 9.69 Å². The Morgan fingerprint density at radius 2 is 1.85 bits per heavy atom. The first kappa shape index (κ1) is 8.97. The van der Waals surface area contributed by atoms with Crippen molar-refractivity contribution in [1.82, 2.24) is 4.90 Å². The molecule has 0 spiro atoms. The molecule has 2 aliphatic rings. The molecule has 0 aliphatic carbocycles. The smallest absolute Gasteiger partial charge is 0.322 e. The fourth-order valence-electron chi connectivity index (χ4n) is 2.81. The van der Waals surface area contributed by atoms with Gasteiger partial charge in [-0.05, 0) is 25.7 Å². The fourth-order valence-corrected chi connectivity index (χ4v) is 2.81. The highest BCUT2D eigenvalue weighted by atomic mass is 16.4. The molecule has 4 nitrogen and oxygen atoms in total. The van der Waals surface area contributed by atoms with E-state index in [0.717, 1.165) is 25.7 Å². The van der Waals surface area contributed by atoms with Gasteiger partial charge in [-0.2, -0.15) is 0 Å². The predicted octanol–water partition coefficient (Wildman–Crippen LogP) is 0.0251. The summed E-state index contributed by atoms with van der Waals surface area (Å²) in [4.78, 5) is 13.0. The van der Waals surface area contributed by atoms with Gasteiger partial charge >= 0.3 is 5.97 Å².